The van der Waals surface area contributed by atoms with Crippen LogP contribution in [0.25, 0.3) is 17.4 Å². The highest BCUT2D eigenvalue weighted by Gasteiger charge is 2.25. The molecule has 23 heavy (non-hydrogen) atoms. The number of nitro groups is 1. The molecule has 0 spiro atoms. The summed E-state index contributed by atoms with van der Waals surface area (Å²) in [6.45, 7) is 0. The van der Waals surface area contributed by atoms with Crippen molar-refractivity contribution in [2.24, 2.45) is 10.7 Å². The topological polar surface area (TPSA) is 115 Å². The van der Waals surface area contributed by atoms with Gasteiger partial charge in [0, 0.05) is 30.8 Å². The van der Waals surface area contributed by atoms with Crippen molar-refractivity contribution >= 4 is 23.6 Å². The number of benzene rings is 1. The Morgan fingerprint density at radius 1 is 1.26 bits per heavy atom. The molecule has 2 heterocycles. The summed E-state index contributed by atoms with van der Waals surface area (Å²) in [4.78, 5) is 27.2. The molecule has 1 amide bonds. The van der Waals surface area contributed by atoms with Crippen LogP contribution < -0.4 is 5.73 Å². The van der Waals surface area contributed by atoms with Gasteiger partial charge < -0.3 is 10.2 Å². The highest BCUT2D eigenvalue weighted by Crippen LogP contribution is 2.26. The molecule has 0 bridgehead atoms. The average molecular weight is 312 g/mol. The molecule has 1 aromatic heterocycles. The third-order valence-electron chi connectivity index (χ3n) is 3.37. The van der Waals surface area contributed by atoms with E-state index in [9.17, 15) is 14.9 Å². The highest BCUT2D eigenvalue weighted by molar-refractivity contribution is 6.12. The van der Waals surface area contributed by atoms with Crippen molar-refractivity contribution in [3.05, 3.63) is 58.0 Å². The molecule has 1 aromatic carbocycles. The number of likely N-dealkylation sites (N-methyl/N-ethyl adjacent to an activating group) is 1. The fraction of sp³-hybridized carbons (Fsp3) is 0.0667. The van der Waals surface area contributed by atoms with Gasteiger partial charge in [0.2, 0.25) is 5.96 Å². The van der Waals surface area contributed by atoms with Gasteiger partial charge in [0.1, 0.15) is 17.2 Å². The van der Waals surface area contributed by atoms with Crippen molar-refractivity contribution in [3.63, 3.8) is 0 Å². The minimum atomic E-state index is -0.466. The summed E-state index contributed by atoms with van der Waals surface area (Å²) in [6.07, 6.45) is 1.49. The number of non-ortho nitro benzene ring substituents is 1. The first-order valence-electron chi connectivity index (χ1n) is 6.64. The first kappa shape index (κ1) is 14.5. The van der Waals surface area contributed by atoms with Crippen molar-refractivity contribution in [1.29, 1.82) is 0 Å². The highest BCUT2D eigenvalue weighted by atomic mass is 16.6. The lowest BCUT2D eigenvalue weighted by atomic mass is 10.1. The minimum absolute atomic E-state index is 0.00653. The van der Waals surface area contributed by atoms with E-state index in [4.69, 9.17) is 10.2 Å². The van der Waals surface area contributed by atoms with Gasteiger partial charge in [-0.25, -0.2) is 4.99 Å². The largest absolute Gasteiger partial charge is 0.457 e. The average Bonchev–Trinajstić information content (AvgIpc) is 3.09. The van der Waals surface area contributed by atoms with Gasteiger partial charge in [-0.3, -0.25) is 19.8 Å². The maximum atomic E-state index is 11.9. The van der Waals surface area contributed by atoms with Crippen LogP contribution in [0.3, 0.4) is 0 Å². The number of nitrogens with two attached hydrogens (primary N) is 1. The Kier molecular flexibility index (Phi) is 3.41. The second-order valence-electron chi connectivity index (χ2n) is 4.87. The third kappa shape index (κ3) is 2.69. The Balaban J connectivity index is 1.86. The molecule has 8 heteroatoms. The zero-order valence-electron chi connectivity index (χ0n) is 12.1. The number of hydrogen-bond donors (Lipinski definition) is 1. The molecular weight excluding hydrogens is 300 g/mol. The van der Waals surface area contributed by atoms with E-state index in [1.54, 1.807) is 24.3 Å². The molecule has 1 aliphatic heterocycles. The van der Waals surface area contributed by atoms with Crippen molar-refractivity contribution < 1.29 is 14.1 Å². The smallest absolute Gasteiger partial charge is 0.279 e. The van der Waals surface area contributed by atoms with E-state index in [1.165, 1.54) is 30.2 Å². The molecule has 0 radical (unpaired) electrons. The van der Waals surface area contributed by atoms with Gasteiger partial charge in [0.15, 0.2) is 0 Å². The normalized spacial score (nSPS) is 16.0. The number of rotatable bonds is 3. The number of carbonyl (C=O) groups excluding carboxylic acids is 1. The molecule has 8 nitrogen and oxygen atoms in total. The molecule has 0 fully saturated rings. The van der Waals surface area contributed by atoms with E-state index >= 15 is 0 Å². The Morgan fingerprint density at radius 2 is 1.96 bits per heavy atom. The Hall–Kier alpha value is -3.42. The first-order chi connectivity index (χ1) is 11.0. The summed E-state index contributed by atoms with van der Waals surface area (Å²) in [5, 5.41) is 10.6. The van der Waals surface area contributed by atoms with E-state index in [1.807, 2.05) is 0 Å². The summed E-state index contributed by atoms with van der Waals surface area (Å²) < 4.78 is 5.62. The predicted octanol–water partition coefficient (Wildman–Crippen LogP) is 1.98. The van der Waals surface area contributed by atoms with Gasteiger partial charge in [-0.1, -0.05) is 0 Å². The summed E-state index contributed by atoms with van der Waals surface area (Å²) in [5.74, 6) is 0.787. The summed E-state index contributed by atoms with van der Waals surface area (Å²) in [6, 6.07) is 9.38. The van der Waals surface area contributed by atoms with Crippen LogP contribution in [-0.2, 0) is 4.79 Å². The first-order valence-corrected chi connectivity index (χ1v) is 6.64. The Labute approximate surface area is 130 Å². The van der Waals surface area contributed by atoms with Crippen molar-refractivity contribution in [2.45, 2.75) is 0 Å². The second kappa shape index (κ2) is 5.41. The number of guanidine groups is 1. The summed E-state index contributed by atoms with van der Waals surface area (Å²) >= 11 is 0. The number of furan rings is 1. The Bertz CT molecular complexity index is 849. The van der Waals surface area contributed by atoms with Crippen molar-refractivity contribution in [1.82, 2.24) is 4.90 Å². The van der Waals surface area contributed by atoms with E-state index in [2.05, 4.69) is 4.99 Å². The molecule has 0 atom stereocenters. The van der Waals surface area contributed by atoms with Crippen LogP contribution in [0.1, 0.15) is 5.76 Å². The maximum Gasteiger partial charge on any atom is 0.279 e. The van der Waals surface area contributed by atoms with E-state index in [0.29, 0.717) is 17.1 Å². The number of hydrogen-bond acceptors (Lipinski definition) is 6. The minimum Gasteiger partial charge on any atom is -0.457 e. The molecular formula is C15H12N4O4. The second-order valence-corrected chi connectivity index (χ2v) is 4.87. The fourth-order valence-electron chi connectivity index (χ4n) is 2.08. The van der Waals surface area contributed by atoms with Gasteiger partial charge in [0.05, 0.1) is 4.92 Å². The zero-order valence-corrected chi connectivity index (χ0v) is 12.1. The summed E-state index contributed by atoms with van der Waals surface area (Å²) in [7, 11) is 1.53. The molecule has 116 valence electrons. The van der Waals surface area contributed by atoms with Gasteiger partial charge in [-0.15, -0.1) is 0 Å². The molecule has 0 unspecified atom stereocenters. The SMILES string of the molecule is CN1C(=O)C(=Cc2ccc(-c3ccc([N+](=O)[O-])cc3)o2)N=C1N. The van der Waals surface area contributed by atoms with Crippen LogP contribution in [0.4, 0.5) is 5.69 Å². The fourth-order valence-corrected chi connectivity index (χ4v) is 2.08. The molecule has 1 aliphatic rings. The summed E-state index contributed by atoms with van der Waals surface area (Å²) in [5.41, 5.74) is 6.46. The lowest BCUT2D eigenvalue weighted by Crippen LogP contribution is -2.33. The lowest BCUT2D eigenvalue weighted by Gasteiger charge is -2.05. The van der Waals surface area contributed by atoms with Gasteiger partial charge in [-0.2, -0.15) is 0 Å². The van der Waals surface area contributed by atoms with E-state index in [-0.39, 0.29) is 23.3 Å². The molecule has 3 rings (SSSR count). The Morgan fingerprint density at radius 3 is 2.52 bits per heavy atom. The molecule has 2 aromatic rings. The monoisotopic (exact) mass is 312 g/mol. The number of nitrogens with zero attached hydrogens (tertiary/aromatic N) is 3. The molecule has 0 saturated carbocycles. The zero-order chi connectivity index (χ0) is 16.6. The van der Waals surface area contributed by atoms with Crippen LogP contribution in [0, 0.1) is 10.1 Å². The van der Waals surface area contributed by atoms with Crippen LogP contribution in [-0.4, -0.2) is 28.7 Å². The molecule has 0 aliphatic carbocycles. The lowest BCUT2D eigenvalue weighted by molar-refractivity contribution is -0.384. The predicted molar refractivity (Wildman–Crippen MR) is 83.2 cm³/mol. The number of nitro benzene ring substituents is 1. The quantitative estimate of drug-likeness (QED) is 0.528. The molecule has 2 N–H and O–H groups in total. The van der Waals surface area contributed by atoms with E-state index < -0.39 is 4.92 Å². The van der Waals surface area contributed by atoms with Gasteiger partial charge >= 0.3 is 0 Å². The van der Waals surface area contributed by atoms with Crippen LogP contribution in [0.5, 0.6) is 0 Å². The van der Waals surface area contributed by atoms with Crippen LogP contribution >= 0.6 is 0 Å². The molecule has 0 saturated heterocycles. The number of amides is 1. The van der Waals surface area contributed by atoms with Gasteiger partial charge in [0.25, 0.3) is 11.6 Å². The van der Waals surface area contributed by atoms with Gasteiger partial charge in [-0.05, 0) is 24.3 Å². The van der Waals surface area contributed by atoms with Crippen LogP contribution in [0.15, 0.2) is 51.5 Å². The standard InChI is InChI=1S/C15H12N4O4/c1-18-14(20)12(17-15(18)16)8-11-6-7-13(23-11)9-2-4-10(5-3-9)19(21)22/h2-8H,1H3,(H2,16,17). The van der Waals surface area contributed by atoms with Crippen LogP contribution in [0.2, 0.25) is 0 Å². The maximum absolute atomic E-state index is 11.9. The third-order valence-corrected chi connectivity index (χ3v) is 3.37. The van der Waals surface area contributed by atoms with E-state index in [0.717, 1.165) is 0 Å². The number of carbonyl (C=O) groups is 1. The van der Waals surface area contributed by atoms with Crippen molar-refractivity contribution in [3.8, 4) is 11.3 Å². The van der Waals surface area contributed by atoms with Crippen molar-refractivity contribution in [2.75, 3.05) is 7.05 Å². The number of aliphatic imine (C=N–C) groups is 1.